The number of amides is 1. The molecule has 1 aromatic heterocycles. The van der Waals surface area contributed by atoms with Crippen LogP contribution in [0.5, 0.6) is 0 Å². The lowest BCUT2D eigenvalue weighted by atomic mass is 10.1. The maximum atomic E-state index is 12.8. The monoisotopic (exact) mass is 406 g/mol. The fraction of sp³-hybridized carbons (Fsp3) is 0.348. The molecule has 0 bridgehead atoms. The molecule has 29 heavy (non-hydrogen) atoms. The highest BCUT2D eigenvalue weighted by molar-refractivity contribution is 8.00. The summed E-state index contributed by atoms with van der Waals surface area (Å²) in [7, 11) is 0. The predicted octanol–water partition coefficient (Wildman–Crippen LogP) is 4.65. The minimum atomic E-state index is -0.202. The van der Waals surface area contributed by atoms with Crippen molar-refractivity contribution in [1.29, 1.82) is 0 Å². The van der Waals surface area contributed by atoms with Gasteiger partial charge in [0.1, 0.15) is 0 Å². The SMILES string of the molecule is Cc1ccc(-c2nnc(S[C@H](C)C(=O)N3CCCC3)n2-c2ccc(C)cc2)cc1. The summed E-state index contributed by atoms with van der Waals surface area (Å²) in [6.07, 6.45) is 2.19. The molecule has 1 aliphatic heterocycles. The second-order valence-electron chi connectivity index (χ2n) is 7.64. The average Bonchev–Trinajstić information content (AvgIpc) is 3.39. The Balaban J connectivity index is 1.70. The molecule has 2 aromatic carbocycles. The lowest BCUT2D eigenvalue weighted by Crippen LogP contribution is -2.34. The highest BCUT2D eigenvalue weighted by Crippen LogP contribution is 2.31. The molecule has 1 aliphatic rings. The van der Waals surface area contributed by atoms with Crippen LogP contribution in [0.15, 0.2) is 53.7 Å². The quantitative estimate of drug-likeness (QED) is 0.579. The van der Waals surface area contributed by atoms with E-state index >= 15 is 0 Å². The molecule has 0 unspecified atom stereocenters. The molecule has 6 heteroatoms. The van der Waals surface area contributed by atoms with Crippen molar-refractivity contribution in [3.05, 3.63) is 59.7 Å². The van der Waals surface area contributed by atoms with Crippen LogP contribution < -0.4 is 0 Å². The number of nitrogens with zero attached hydrogens (tertiary/aromatic N) is 4. The van der Waals surface area contributed by atoms with E-state index in [1.165, 1.54) is 22.9 Å². The number of carbonyl (C=O) groups is 1. The van der Waals surface area contributed by atoms with E-state index in [9.17, 15) is 4.79 Å². The van der Waals surface area contributed by atoms with Gasteiger partial charge >= 0.3 is 0 Å². The number of rotatable bonds is 5. The summed E-state index contributed by atoms with van der Waals surface area (Å²) in [6, 6.07) is 16.6. The summed E-state index contributed by atoms with van der Waals surface area (Å²) in [5.41, 5.74) is 4.41. The number of carbonyl (C=O) groups excluding carboxylic acids is 1. The maximum absolute atomic E-state index is 12.8. The molecule has 2 heterocycles. The Bertz CT molecular complexity index is 989. The van der Waals surface area contributed by atoms with Crippen LogP contribution in [0, 0.1) is 13.8 Å². The number of aryl methyl sites for hydroxylation is 2. The second kappa shape index (κ2) is 8.41. The second-order valence-corrected chi connectivity index (χ2v) is 8.94. The van der Waals surface area contributed by atoms with Crippen LogP contribution in [0.3, 0.4) is 0 Å². The first kappa shape index (κ1) is 19.7. The standard InChI is InChI=1S/C23H26N4OS/c1-16-6-10-19(11-7-16)21-24-25-23(27(21)20-12-8-17(2)9-13-20)29-18(3)22(28)26-14-4-5-15-26/h6-13,18H,4-5,14-15H2,1-3H3/t18-/m1/s1. The van der Waals surface area contributed by atoms with Gasteiger partial charge in [-0.25, -0.2) is 0 Å². The van der Waals surface area contributed by atoms with Gasteiger partial charge in [0.05, 0.1) is 5.25 Å². The Morgan fingerprint density at radius 2 is 1.52 bits per heavy atom. The van der Waals surface area contributed by atoms with Gasteiger partial charge in [-0.2, -0.15) is 0 Å². The summed E-state index contributed by atoms with van der Waals surface area (Å²) in [6.45, 7) is 7.84. The van der Waals surface area contributed by atoms with Gasteiger partial charge in [-0.05, 0) is 45.7 Å². The topological polar surface area (TPSA) is 51.0 Å². The molecule has 150 valence electrons. The normalized spacial score (nSPS) is 14.9. The van der Waals surface area contributed by atoms with Crippen molar-refractivity contribution < 1.29 is 4.79 Å². The van der Waals surface area contributed by atoms with E-state index in [1.54, 1.807) is 0 Å². The van der Waals surface area contributed by atoms with Gasteiger partial charge in [0, 0.05) is 24.3 Å². The Morgan fingerprint density at radius 3 is 2.14 bits per heavy atom. The van der Waals surface area contributed by atoms with E-state index in [1.807, 2.05) is 11.8 Å². The molecule has 5 nitrogen and oxygen atoms in total. The summed E-state index contributed by atoms with van der Waals surface area (Å²) < 4.78 is 2.06. The van der Waals surface area contributed by atoms with E-state index in [4.69, 9.17) is 0 Å². The van der Waals surface area contributed by atoms with Gasteiger partial charge in [0.2, 0.25) is 5.91 Å². The molecule has 1 saturated heterocycles. The van der Waals surface area contributed by atoms with Crippen LogP contribution in [-0.2, 0) is 4.79 Å². The lowest BCUT2D eigenvalue weighted by Gasteiger charge is -2.20. The molecule has 1 atom stereocenters. The van der Waals surface area contributed by atoms with Gasteiger partial charge in [-0.15, -0.1) is 10.2 Å². The number of hydrogen-bond donors (Lipinski definition) is 0. The predicted molar refractivity (Wildman–Crippen MR) is 117 cm³/mol. The minimum Gasteiger partial charge on any atom is -0.342 e. The van der Waals surface area contributed by atoms with Crippen molar-refractivity contribution in [3.8, 4) is 17.1 Å². The van der Waals surface area contributed by atoms with E-state index in [0.717, 1.165) is 48.2 Å². The van der Waals surface area contributed by atoms with Gasteiger partial charge in [-0.3, -0.25) is 9.36 Å². The number of thioether (sulfide) groups is 1. The van der Waals surface area contributed by atoms with Crippen molar-refractivity contribution in [2.75, 3.05) is 13.1 Å². The Labute approximate surface area is 176 Å². The first-order valence-corrected chi connectivity index (χ1v) is 11.0. The minimum absolute atomic E-state index is 0.183. The third kappa shape index (κ3) is 4.22. The van der Waals surface area contributed by atoms with Crippen molar-refractivity contribution in [2.45, 2.75) is 44.0 Å². The maximum Gasteiger partial charge on any atom is 0.235 e. The zero-order valence-corrected chi connectivity index (χ0v) is 17.9. The average molecular weight is 407 g/mol. The zero-order chi connectivity index (χ0) is 20.4. The molecule has 4 rings (SSSR count). The van der Waals surface area contributed by atoms with Gasteiger partial charge in [-0.1, -0.05) is 59.3 Å². The largest absolute Gasteiger partial charge is 0.342 e. The molecule has 0 saturated carbocycles. The number of aromatic nitrogens is 3. The van der Waals surface area contributed by atoms with Crippen molar-refractivity contribution >= 4 is 17.7 Å². The van der Waals surface area contributed by atoms with Gasteiger partial charge in [0.25, 0.3) is 0 Å². The van der Waals surface area contributed by atoms with Crippen molar-refractivity contribution in [3.63, 3.8) is 0 Å². The third-order valence-corrected chi connectivity index (χ3v) is 6.31. The first-order chi connectivity index (χ1) is 14.0. The zero-order valence-electron chi connectivity index (χ0n) is 17.1. The van der Waals surface area contributed by atoms with E-state index in [2.05, 4.69) is 77.1 Å². The molecule has 0 N–H and O–H groups in total. The molecule has 0 aliphatic carbocycles. The molecule has 1 fully saturated rings. The van der Waals surface area contributed by atoms with Gasteiger partial charge < -0.3 is 4.90 Å². The lowest BCUT2D eigenvalue weighted by molar-refractivity contribution is -0.129. The fourth-order valence-electron chi connectivity index (χ4n) is 3.57. The van der Waals surface area contributed by atoms with Crippen LogP contribution >= 0.6 is 11.8 Å². The molecule has 0 spiro atoms. The van der Waals surface area contributed by atoms with Crippen LogP contribution in [-0.4, -0.2) is 43.9 Å². The van der Waals surface area contributed by atoms with Crippen LogP contribution in [0.2, 0.25) is 0 Å². The first-order valence-electron chi connectivity index (χ1n) is 10.1. The highest BCUT2D eigenvalue weighted by Gasteiger charge is 2.26. The van der Waals surface area contributed by atoms with Gasteiger partial charge in [0.15, 0.2) is 11.0 Å². The summed E-state index contributed by atoms with van der Waals surface area (Å²) in [5, 5.41) is 9.50. The molecular weight excluding hydrogens is 380 g/mol. The van der Waals surface area contributed by atoms with E-state index in [0.29, 0.717) is 0 Å². The van der Waals surface area contributed by atoms with E-state index in [-0.39, 0.29) is 11.2 Å². The van der Waals surface area contributed by atoms with Crippen molar-refractivity contribution in [1.82, 2.24) is 19.7 Å². The summed E-state index contributed by atoms with van der Waals surface area (Å²) in [4.78, 5) is 14.8. The van der Waals surface area contributed by atoms with E-state index < -0.39 is 0 Å². The van der Waals surface area contributed by atoms with Crippen LogP contribution in [0.4, 0.5) is 0 Å². The number of hydrogen-bond acceptors (Lipinski definition) is 4. The number of benzene rings is 2. The summed E-state index contributed by atoms with van der Waals surface area (Å²) >= 11 is 1.48. The smallest absolute Gasteiger partial charge is 0.235 e. The molecule has 1 amide bonds. The fourth-order valence-corrected chi connectivity index (χ4v) is 4.52. The summed E-state index contributed by atoms with van der Waals surface area (Å²) in [5.74, 6) is 0.972. The molecular formula is C23H26N4OS. The van der Waals surface area contributed by atoms with Crippen LogP contribution in [0.1, 0.15) is 30.9 Å². The number of likely N-dealkylation sites (tertiary alicyclic amines) is 1. The molecule has 3 aromatic rings. The van der Waals surface area contributed by atoms with Crippen LogP contribution in [0.25, 0.3) is 17.1 Å². The third-order valence-electron chi connectivity index (χ3n) is 5.28. The Kier molecular flexibility index (Phi) is 5.72. The molecule has 0 radical (unpaired) electrons. The highest BCUT2D eigenvalue weighted by atomic mass is 32.2. The Hall–Kier alpha value is -2.60. The Morgan fingerprint density at radius 1 is 0.931 bits per heavy atom. The van der Waals surface area contributed by atoms with Crippen molar-refractivity contribution in [2.24, 2.45) is 0 Å².